The van der Waals surface area contributed by atoms with Gasteiger partial charge in [0.05, 0.1) is 27.0 Å². The summed E-state index contributed by atoms with van der Waals surface area (Å²) in [5.41, 5.74) is 1.50. The molecule has 3 rings (SSSR count). The minimum atomic E-state index is -0.772. The first kappa shape index (κ1) is 10.9. The number of carboxylic acids is 1. The number of nitrogens with one attached hydrogen (secondary N) is 1. The fraction of sp³-hybridized carbons (Fsp3) is 0.273. The van der Waals surface area contributed by atoms with E-state index in [2.05, 4.69) is 9.97 Å². The Bertz CT molecular complexity index is 584. The molecule has 0 spiro atoms. The average molecular weight is 271 g/mol. The molecule has 2 N–H and O–H groups in total. The van der Waals surface area contributed by atoms with E-state index in [1.54, 1.807) is 12.1 Å². The van der Waals surface area contributed by atoms with E-state index < -0.39 is 5.97 Å². The molecule has 1 saturated carbocycles. The SMILES string of the molecule is O=C(O)C1CC1c1nc2cc(Cl)c(Cl)cc2[nH]1. The monoisotopic (exact) mass is 270 g/mol. The zero-order valence-corrected chi connectivity index (χ0v) is 10.1. The fourth-order valence-electron chi connectivity index (χ4n) is 1.97. The van der Waals surface area contributed by atoms with E-state index in [-0.39, 0.29) is 11.8 Å². The molecule has 0 saturated heterocycles. The van der Waals surface area contributed by atoms with Gasteiger partial charge >= 0.3 is 5.97 Å². The minimum absolute atomic E-state index is 0.0162. The first-order chi connectivity index (χ1) is 8.06. The van der Waals surface area contributed by atoms with Crippen molar-refractivity contribution in [1.29, 1.82) is 0 Å². The Hall–Kier alpha value is -1.26. The summed E-state index contributed by atoms with van der Waals surface area (Å²) in [6.45, 7) is 0. The summed E-state index contributed by atoms with van der Waals surface area (Å²) in [6.07, 6.45) is 0.636. The van der Waals surface area contributed by atoms with Crippen molar-refractivity contribution < 1.29 is 9.90 Å². The molecule has 2 unspecified atom stereocenters. The van der Waals surface area contributed by atoms with Crippen LogP contribution in [0.25, 0.3) is 11.0 Å². The third-order valence-electron chi connectivity index (χ3n) is 3.00. The predicted octanol–water partition coefficient (Wildman–Crippen LogP) is 3.06. The Balaban J connectivity index is 2.01. The molecule has 1 heterocycles. The molecule has 88 valence electrons. The van der Waals surface area contributed by atoms with E-state index in [0.717, 1.165) is 5.52 Å². The van der Waals surface area contributed by atoms with Gasteiger partial charge in [0, 0.05) is 5.92 Å². The second kappa shape index (κ2) is 3.62. The maximum Gasteiger partial charge on any atom is 0.307 e. The third-order valence-corrected chi connectivity index (χ3v) is 3.72. The van der Waals surface area contributed by atoms with Gasteiger partial charge in [-0.25, -0.2) is 4.98 Å². The van der Waals surface area contributed by atoms with Crippen LogP contribution in [0, 0.1) is 5.92 Å². The van der Waals surface area contributed by atoms with Crippen molar-refractivity contribution in [2.24, 2.45) is 5.92 Å². The van der Waals surface area contributed by atoms with Crippen LogP contribution in [0.2, 0.25) is 10.0 Å². The lowest BCUT2D eigenvalue weighted by Gasteiger charge is -1.93. The van der Waals surface area contributed by atoms with Gasteiger partial charge < -0.3 is 10.1 Å². The van der Waals surface area contributed by atoms with Gasteiger partial charge in [-0.2, -0.15) is 0 Å². The van der Waals surface area contributed by atoms with Gasteiger partial charge in [-0.15, -0.1) is 0 Å². The van der Waals surface area contributed by atoms with Gasteiger partial charge in [0.1, 0.15) is 5.82 Å². The number of aromatic nitrogens is 2. The summed E-state index contributed by atoms with van der Waals surface area (Å²) < 4.78 is 0. The topological polar surface area (TPSA) is 66.0 Å². The number of hydrogen-bond acceptors (Lipinski definition) is 2. The van der Waals surface area contributed by atoms with Gasteiger partial charge in [0.25, 0.3) is 0 Å². The number of hydrogen-bond donors (Lipinski definition) is 2. The first-order valence-electron chi connectivity index (χ1n) is 5.13. The molecule has 0 radical (unpaired) electrons. The van der Waals surface area contributed by atoms with Gasteiger partial charge in [0.15, 0.2) is 0 Å². The van der Waals surface area contributed by atoms with Gasteiger partial charge in [-0.05, 0) is 18.6 Å². The standard InChI is InChI=1S/C11H8Cl2N2O2/c12-6-2-8-9(3-7(6)13)15-10(14-8)4-1-5(4)11(16)17/h2-5H,1H2,(H,14,15)(H,16,17). The van der Waals surface area contributed by atoms with Crippen molar-refractivity contribution in [3.8, 4) is 0 Å². The molecule has 0 aliphatic heterocycles. The maximum atomic E-state index is 10.8. The van der Waals surface area contributed by atoms with Crippen LogP contribution in [-0.2, 0) is 4.79 Å². The summed E-state index contributed by atoms with van der Waals surface area (Å²) in [5.74, 6) is -0.406. The highest BCUT2D eigenvalue weighted by Crippen LogP contribution is 2.46. The van der Waals surface area contributed by atoms with Crippen LogP contribution >= 0.6 is 23.2 Å². The molecular weight excluding hydrogens is 263 g/mol. The number of aliphatic carboxylic acids is 1. The third kappa shape index (κ3) is 1.77. The molecule has 0 bridgehead atoms. The summed E-state index contributed by atoms with van der Waals surface area (Å²) in [7, 11) is 0. The minimum Gasteiger partial charge on any atom is -0.481 e. The number of aromatic amines is 1. The van der Waals surface area contributed by atoms with Crippen molar-refractivity contribution in [3.05, 3.63) is 28.0 Å². The highest BCUT2D eigenvalue weighted by atomic mass is 35.5. The highest BCUT2D eigenvalue weighted by molar-refractivity contribution is 6.42. The maximum absolute atomic E-state index is 10.8. The van der Waals surface area contributed by atoms with Crippen molar-refractivity contribution in [3.63, 3.8) is 0 Å². The van der Waals surface area contributed by atoms with E-state index in [1.807, 2.05) is 0 Å². The first-order valence-corrected chi connectivity index (χ1v) is 5.89. The van der Waals surface area contributed by atoms with E-state index in [4.69, 9.17) is 28.3 Å². The molecule has 1 aromatic carbocycles. The van der Waals surface area contributed by atoms with Crippen LogP contribution in [0.4, 0.5) is 0 Å². The highest BCUT2D eigenvalue weighted by Gasteiger charge is 2.46. The number of halogens is 2. The number of carboxylic acid groups (broad SMARTS) is 1. The molecule has 1 aromatic heterocycles. The van der Waals surface area contributed by atoms with Crippen LogP contribution in [-0.4, -0.2) is 21.0 Å². The molecule has 4 nitrogen and oxygen atoms in total. The summed E-state index contributed by atoms with van der Waals surface area (Å²) >= 11 is 11.8. The molecule has 0 amide bonds. The lowest BCUT2D eigenvalue weighted by molar-refractivity contribution is -0.138. The predicted molar refractivity (Wildman–Crippen MR) is 64.6 cm³/mol. The van der Waals surface area contributed by atoms with E-state index >= 15 is 0 Å². The number of carbonyl (C=O) groups is 1. The Morgan fingerprint density at radius 3 is 2.76 bits per heavy atom. The average Bonchev–Trinajstić information content (AvgIpc) is 2.96. The molecular formula is C11H8Cl2N2O2. The number of H-pyrrole nitrogens is 1. The Morgan fingerprint density at radius 1 is 1.41 bits per heavy atom. The van der Waals surface area contributed by atoms with Gasteiger partial charge in [0.2, 0.25) is 0 Å². The van der Waals surface area contributed by atoms with E-state index in [9.17, 15) is 4.79 Å². The second-order valence-electron chi connectivity index (χ2n) is 4.19. The van der Waals surface area contributed by atoms with E-state index in [0.29, 0.717) is 27.8 Å². The lowest BCUT2D eigenvalue weighted by Crippen LogP contribution is -1.99. The molecule has 1 aliphatic carbocycles. The van der Waals surface area contributed by atoms with Gasteiger partial charge in [-0.1, -0.05) is 23.2 Å². The molecule has 1 fully saturated rings. The number of fused-ring (bicyclic) bond motifs is 1. The quantitative estimate of drug-likeness (QED) is 0.882. The normalized spacial score (nSPS) is 22.9. The summed E-state index contributed by atoms with van der Waals surface area (Å²) in [5, 5.41) is 9.77. The summed E-state index contributed by atoms with van der Waals surface area (Å²) in [6, 6.07) is 3.38. The Morgan fingerprint density at radius 2 is 2.12 bits per heavy atom. The van der Waals surface area contributed by atoms with Crippen molar-refractivity contribution in [1.82, 2.24) is 9.97 Å². The molecule has 17 heavy (non-hydrogen) atoms. The zero-order valence-electron chi connectivity index (χ0n) is 8.58. The van der Waals surface area contributed by atoms with Crippen LogP contribution < -0.4 is 0 Å². The molecule has 6 heteroatoms. The van der Waals surface area contributed by atoms with Crippen molar-refractivity contribution >= 4 is 40.2 Å². The van der Waals surface area contributed by atoms with Crippen LogP contribution in [0.5, 0.6) is 0 Å². The van der Waals surface area contributed by atoms with Crippen LogP contribution in [0.1, 0.15) is 18.2 Å². The van der Waals surface area contributed by atoms with E-state index in [1.165, 1.54) is 0 Å². The Kier molecular flexibility index (Phi) is 2.31. The number of imidazole rings is 1. The van der Waals surface area contributed by atoms with Gasteiger partial charge in [-0.3, -0.25) is 4.79 Å². The fourth-order valence-corrected chi connectivity index (χ4v) is 2.29. The number of benzene rings is 1. The van der Waals surface area contributed by atoms with Crippen LogP contribution in [0.15, 0.2) is 12.1 Å². The van der Waals surface area contributed by atoms with Crippen molar-refractivity contribution in [2.75, 3.05) is 0 Å². The zero-order chi connectivity index (χ0) is 12.2. The smallest absolute Gasteiger partial charge is 0.307 e. The molecule has 1 aliphatic rings. The molecule has 2 aromatic rings. The van der Waals surface area contributed by atoms with Crippen molar-refractivity contribution in [2.45, 2.75) is 12.3 Å². The second-order valence-corrected chi connectivity index (χ2v) is 5.01. The Labute approximate surface area is 107 Å². The van der Waals surface area contributed by atoms with Crippen LogP contribution in [0.3, 0.4) is 0 Å². The molecule has 2 atom stereocenters. The lowest BCUT2D eigenvalue weighted by atomic mass is 10.3. The largest absolute Gasteiger partial charge is 0.481 e. The number of rotatable bonds is 2. The summed E-state index contributed by atoms with van der Waals surface area (Å²) in [4.78, 5) is 18.2. The number of nitrogens with zero attached hydrogens (tertiary/aromatic N) is 1.